The highest BCUT2D eigenvalue weighted by Gasteiger charge is 2.30. The van der Waals surface area contributed by atoms with Crippen LogP contribution in [-0.4, -0.2) is 35.4 Å². The van der Waals surface area contributed by atoms with Crippen LogP contribution in [0.1, 0.15) is 16.7 Å². The van der Waals surface area contributed by atoms with Crippen LogP contribution in [0.5, 0.6) is 0 Å². The monoisotopic (exact) mass is 423 g/mol. The highest BCUT2D eigenvalue weighted by atomic mass is 16.6. The van der Waals surface area contributed by atoms with Gasteiger partial charge in [0.05, 0.1) is 32.5 Å². The van der Waals surface area contributed by atoms with Crippen LogP contribution >= 0.6 is 0 Å². The van der Waals surface area contributed by atoms with E-state index >= 15 is 0 Å². The maximum Gasteiger partial charge on any atom is 0.183 e. The van der Waals surface area contributed by atoms with Crippen LogP contribution in [0.25, 0.3) is 0 Å². The first-order chi connectivity index (χ1) is 15.3. The first-order valence-electron chi connectivity index (χ1n) is 10.3. The van der Waals surface area contributed by atoms with E-state index in [1.807, 2.05) is 91.0 Å². The van der Waals surface area contributed by atoms with Gasteiger partial charge in [-0.25, -0.2) is 0 Å². The maximum atomic E-state index is 10.7. The molecule has 3 N–H and O–H groups in total. The van der Waals surface area contributed by atoms with Crippen molar-refractivity contribution in [1.82, 2.24) is 5.48 Å². The molecule has 0 spiro atoms. The molecular weight excluding hydrogens is 394 g/mol. The summed E-state index contributed by atoms with van der Waals surface area (Å²) in [6.07, 6.45) is -2.13. The highest BCUT2D eigenvalue weighted by molar-refractivity contribution is 5.15. The topological polar surface area (TPSA) is 80.2 Å². The Hall–Kier alpha value is -2.58. The quantitative estimate of drug-likeness (QED) is 0.288. The number of hydrogen-bond donors (Lipinski definition) is 3. The van der Waals surface area contributed by atoms with Gasteiger partial charge < -0.3 is 24.5 Å². The predicted octanol–water partition coefficient (Wildman–Crippen LogP) is 3.67. The Morgan fingerprint density at radius 2 is 1.10 bits per heavy atom. The average Bonchev–Trinajstić information content (AvgIpc) is 2.83. The number of hydrogen-bond acceptors (Lipinski definition) is 6. The van der Waals surface area contributed by atoms with E-state index in [4.69, 9.17) is 14.2 Å². The summed E-state index contributed by atoms with van der Waals surface area (Å²) >= 11 is 0. The minimum atomic E-state index is -1.27. The molecule has 0 fully saturated rings. The number of ether oxygens (including phenoxy) is 3. The van der Waals surface area contributed by atoms with E-state index in [-0.39, 0.29) is 19.8 Å². The van der Waals surface area contributed by atoms with E-state index < -0.39 is 18.4 Å². The van der Waals surface area contributed by atoms with E-state index in [0.717, 1.165) is 16.7 Å². The molecule has 0 saturated heterocycles. The lowest BCUT2D eigenvalue weighted by molar-refractivity contribution is -0.208. The molecule has 0 amide bonds. The minimum Gasteiger partial charge on any atom is -0.375 e. The molecule has 6 nitrogen and oxygen atoms in total. The Morgan fingerprint density at radius 3 is 1.58 bits per heavy atom. The van der Waals surface area contributed by atoms with Crippen molar-refractivity contribution < 1.29 is 24.5 Å². The Bertz CT molecular complexity index is 848. The van der Waals surface area contributed by atoms with E-state index in [2.05, 4.69) is 5.48 Å². The molecule has 0 aliphatic heterocycles. The molecule has 164 valence electrons. The van der Waals surface area contributed by atoms with E-state index in [0.29, 0.717) is 6.61 Å². The summed E-state index contributed by atoms with van der Waals surface area (Å²) in [6, 6.07) is 28.2. The lowest BCUT2D eigenvalue weighted by Gasteiger charge is -2.30. The molecule has 3 atom stereocenters. The third-order valence-electron chi connectivity index (χ3n) is 4.80. The Morgan fingerprint density at radius 1 is 0.645 bits per heavy atom. The molecule has 6 heteroatoms. The van der Waals surface area contributed by atoms with Crippen molar-refractivity contribution in [3.8, 4) is 0 Å². The summed E-state index contributed by atoms with van der Waals surface area (Å²) in [5.41, 5.74) is 5.11. The SMILES string of the molecule is ONC(COCc1ccccc1)C(OCc1ccccc1)[C@H](O)OCc1ccccc1. The van der Waals surface area contributed by atoms with Gasteiger partial charge in [-0.2, -0.15) is 5.48 Å². The Kier molecular flexibility index (Phi) is 9.66. The largest absolute Gasteiger partial charge is 0.375 e. The van der Waals surface area contributed by atoms with Crippen molar-refractivity contribution in [3.63, 3.8) is 0 Å². The summed E-state index contributed by atoms with van der Waals surface area (Å²) in [5.74, 6) is 0. The predicted molar refractivity (Wildman–Crippen MR) is 117 cm³/mol. The van der Waals surface area contributed by atoms with Crippen molar-refractivity contribution in [2.75, 3.05) is 6.61 Å². The number of aliphatic hydroxyl groups excluding tert-OH is 1. The van der Waals surface area contributed by atoms with Crippen LogP contribution in [0.2, 0.25) is 0 Å². The van der Waals surface area contributed by atoms with Crippen LogP contribution in [0.15, 0.2) is 91.0 Å². The molecule has 0 saturated carbocycles. The fourth-order valence-electron chi connectivity index (χ4n) is 3.10. The van der Waals surface area contributed by atoms with E-state index in [1.54, 1.807) is 0 Å². The van der Waals surface area contributed by atoms with Crippen molar-refractivity contribution in [3.05, 3.63) is 108 Å². The maximum absolute atomic E-state index is 10.7. The highest BCUT2D eigenvalue weighted by Crippen LogP contribution is 2.14. The van der Waals surface area contributed by atoms with Gasteiger partial charge in [0, 0.05) is 0 Å². The molecule has 31 heavy (non-hydrogen) atoms. The molecule has 3 rings (SSSR count). The van der Waals surface area contributed by atoms with E-state index in [9.17, 15) is 10.3 Å². The summed E-state index contributed by atoms with van der Waals surface area (Å²) in [4.78, 5) is 0. The fraction of sp³-hybridized carbons (Fsp3) is 0.280. The molecule has 0 aliphatic carbocycles. The number of benzene rings is 3. The molecule has 0 aliphatic rings. The van der Waals surface area contributed by atoms with Crippen molar-refractivity contribution in [1.29, 1.82) is 0 Å². The summed E-state index contributed by atoms with van der Waals surface area (Å²) < 4.78 is 17.4. The van der Waals surface area contributed by atoms with Gasteiger partial charge in [0.25, 0.3) is 0 Å². The van der Waals surface area contributed by atoms with Crippen LogP contribution in [0, 0.1) is 0 Å². The molecule has 0 bridgehead atoms. The smallest absolute Gasteiger partial charge is 0.183 e. The van der Waals surface area contributed by atoms with E-state index in [1.165, 1.54) is 0 Å². The van der Waals surface area contributed by atoms with Gasteiger partial charge >= 0.3 is 0 Å². The molecule has 0 heterocycles. The van der Waals surface area contributed by atoms with Crippen molar-refractivity contribution in [2.45, 2.75) is 38.3 Å². The normalized spacial score (nSPS) is 14.1. The molecule has 3 aromatic carbocycles. The van der Waals surface area contributed by atoms with Gasteiger partial charge in [-0.1, -0.05) is 91.0 Å². The third-order valence-corrected chi connectivity index (χ3v) is 4.80. The van der Waals surface area contributed by atoms with Crippen LogP contribution in [0.3, 0.4) is 0 Å². The van der Waals surface area contributed by atoms with Gasteiger partial charge in [0.15, 0.2) is 6.29 Å². The van der Waals surface area contributed by atoms with Crippen LogP contribution in [0.4, 0.5) is 0 Å². The van der Waals surface area contributed by atoms with Crippen molar-refractivity contribution >= 4 is 0 Å². The standard InChI is InChI=1S/C25H29NO5/c27-25(31-18-22-14-8-3-9-15-22)24(30-17-21-12-6-2-7-13-21)23(26-28)19-29-16-20-10-4-1-5-11-20/h1-15,23-28H,16-19H2/t23?,24?,25-/m1/s1. The minimum absolute atomic E-state index is 0.122. The lowest BCUT2D eigenvalue weighted by Crippen LogP contribution is -2.50. The van der Waals surface area contributed by atoms with Gasteiger partial charge in [-0.15, -0.1) is 0 Å². The molecule has 0 radical (unpaired) electrons. The summed E-state index contributed by atoms with van der Waals surface area (Å²) in [6.45, 7) is 0.979. The Balaban J connectivity index is 1.61. The molecule has 0 aromatic heterocycles. The van der Waals surface area contributed by atoms with Gasteiger partial charge in [0.1, 0.15) is 6.10 Å². The first-order valence-corrected chi connectivity index (χ1v) is 10.3. The number of hydroxylamine groups is 1. The zero-order valence-corrected chi connectivity index (χ0v) is 17.3. The average molecular weight is 424 g/mol. The van der Waals surface area contributed by atoms with Gasteiger partial charge in [-0.3, -0.25) is 0 Å². The first kappa shape index (κ1) is 23.1. The molecule has 2 unspecified atom stereocenters. The second kappa shape index (κ2) is 13.0. The fourth-order valence-corrected chi connectivity index (χ4v) is 3.10. The number of rotatable bonds is 13. The zero-order chi connectivity index (χ0) is 21.7. The molecule has 3 aromatic rings. The number of aliphatic hydroxyl groups is 1. The second-order valence-corrected chi connectivity index (χ2v) is 7.18. The van der Waals surface area contributed by atoms with Gasteiger partial charge in [-0.05, 0) is 16.7 Å². The Labute approximate surface area is 183 Å². The van der Waals surface area contributed by atoms with Crippen molar-refractivity contribution in [2.24, 2.45) is 0 Å². The summed E-state index contributed by atoms with van der Waals surface area (Å²) in [5, 5.41) is 20.5. The second-order valence-electron chi connectivity index (χ2n) is 7.18. The van der Waals surface area contributed by atoms with Crippen LogP contribution < -0.4 is 5.48 Å². The third kappa shape index (κ3) is 7.88. The van der Waals surface area contributed by atoms with Gasteiger partial charge in [0.2, 0.25) is 0 Å². The molecular formula is C25H29NO5. The number of nitrogens with one attached hydrogen (secondary N) is 1. The zero-order valence-electron chi connectivity index (χ0n) is 17.3. The lowest BCUT2D eigenvalue weighted by atomic mass is 10.1. The summed E-state index contributed by atoms with van der Waals surface area (Å²) in [7, 11) is 0. The van der Waals surface area contributed by atoms with Crippen LogP contribution in [-0.2, 0) is 34.0 Å².